The third-order valence-electron chi connectivity index (χ3n) is 3.82. The highest BCUT2D eigenvalue weighted by Gasteiger charge is 2.45. The molecule has 1 unspecified atom stereocenters. The van der Waals surface area contributed by atoms with E-state index >= 15 is 0 Å². The minimum Gasteiger partial charge on any atom is -0.354 e. The fourth-order valence-electron chi connectivity index (χ4n) is 2.66. The van der Waals surface area contributed by atoms with Crippen LogP contribution in [0.4, 0.5) is 4.39 Å². The minimum absolute atomic E-state index is 0.0184. The van der Waals surface area contributed by atoms with Gasteiger partial charge in [0.05, 0.1) is 5.56 Å². The van der Waals surface area contributed by atoms with Gasteiger partial charge in [-0.1, -0.05) is 12.1 Å². The second-order valence-electron chi connectivity index (χ2n) is 5.17. The molecule has 2 amide bonds. The lowest BCUT2D eigenvalue weighted by atomic mass is 9.97. The molecule has 0 radical (unpaired) electrons. The zero-order valence-electron chi connectivity index (χ0n) is 11.8. The Balaban J connectivity index is 2.29. The predicted octanol–water partition coefficient (Wildman–Crippen LogP) is 1.96. The molecule has 4 nitrogen and oxygen atoms in total. The summed E-state index contributed by atoms with van der Waals surface area (Å²) in [5, 5.41) is 2.75. The average Bonchev–Trinajstić information content (AvgIpc) is 2.82. The number of likely N-dealkylation sites (tertiary alicyclic amines) is 1. The lowest BCUT2D eigenvalue weighted by Gasteiger charge is -2.33. The SMILES string of the molecule is CCNC(=O)C1(C)CCCN1C(=O)c1ccccc1F. The van der Waals surface area contributed by atoms with Crippen molar-refractivity contribution in [3.63, 3.8) is 0 Å². The van der Waals surface area contributed by atoms with Crippen LogP contribution >= 0.6 is 0 Å². The molecule has 20 heavy (non-hydrogen) atoms. The number of carbonyl (C=O) groups excluding carboxylic acids is 2. The number of amides is 2. The Bertz CT molecular complexity index is 532. The van der Waals surface area contributed by atoms with Gasteiger partial charge in [-0.25, -0.2) is 4.39 Å². The number of likely N-dealkylation sites (N-methyl/N-ethyl adjacent to an activating group) is 1. The number of benzene rings is 1. The summed E-state index contributed by atoms with van der Waals surface area (Å²) in [5.41, 5.74) is -0.875. The van der Waals surface area contributed by atoms with Gasteiger partial charge in [0.2, 0.25) is 5.91 Å². The van der Waals surface area contributed by atoms with E-state index in [9.17, 15) is 14.0 Å². The minimum atomic E-state index is -0.893. The first-order valence-corrected chi connectivity index (χ1v) is 6.85. The van der Waals surface area contributed by atoms with E-state index in [0.29, 0.717) is 19.5 Å². The van der Waals surface area contributed by atoms with Crippen LogP contribution in [0.15, 0.2) is 24.3 Å². The third kappa shape index (κ3) is 2.40. The molecule has 1 aliphatic rings. The molecule has 0 spiro atoms. The van der Waals surface area contributed by atoms with Gasteiger partial charge in [0.1, 0.15) is 11.4 Å². The first-order chi connectivity index (χ1) is 9.50. The van der Waals surface area contributed by atoms with E-state index in [1.165, 1.54) is 17.0 Å². The highest BCUT2D eigenvalue weighted by Crippen LogP contribution is 2.31. The van der Waals surface area contributed by atoms with Gasteiger partial charge in [0.15, 0.2) is 0 Å². The summed E-state index contributed by atoms with van der Waals surface area (Å²) in [6, 6.07) is 5.87. The number of carbonyl (C=O) groups is 2. The van der Waals surface area contributed by atoms with Crippen molar-refractivity contribution < 1.29 is 14.0 Å². The number of halogens is 1. The molecule has 1 saturated heterocycles. The second-order valence-corrected chi connectivity index (χ2v) is 5.17. The Morgan fingerprint density at radius 3 is 2.75 bits per heavy atom. The molecule has 0 bridgehead atoms. The van der Waals surface area contributed by atoms with Crippen LogP contribution in [0.1, 0.15) is 37.0 Å². The molecule has 1 N–H and O–H groups in total. The van der Waals surface area contributed by atoms with E-state index in [1.54, 1.807) is 19.1 Å². The topological polar surface area (TPSA) is 49.4 Å². The van der Waals surface area contributed by atoms with Crippen molar-refractivity contribution in [3.8, 4) is 0 Å². The number of hydrogen-bond donors (Lipinski definition) is 1. The van der Waals surface area contributed by atoms with Crippen molar-refractivity contribution in [2.45, 2.75) is 32.2 Å². The number of nitrogens with zero attached hydrogens (tertiary/aromatic N) is 1. The molecule has 2 rings (SSSR count). The lowest BCUT2D eigenvalue weighted by Crippen LogP contribution is -2.55. The van der Waals surface area contributed by atoms with Crippen LogP contribution < -0.4 is 5.32 Å². The van der Waals surface area contributed by atoms with E-state index in [0.717, 1.165) is 6.42 Å². The van der Waals surface area contributed by atoms with Crippen LogP contribution in [0.3, 0.4) is 0 Å². The molecular weight excluding hydrogens is 259 g/mol. The van der Waals surface area contributed by atoms with E-state index < -0.39 is 17.3 Å². The summed E-state index contributed by atoms with van der Waals surface area (Å²) in [7, 11) is 0. The van der Waals surface area contributed by atoms with Crippen molar-refractivity contribution in [2.24, 2.45) is 0 Å². The number of nitrogens with one attached hydrogen (secondary N) is 1. The van der Waals surface area contributed by atoms with Gasteiger partial charge in [0.25, 0.3) is 5.91 Å². The number of rotatable bonds is 3. The van der Waals surface area contributed by atoms with Crippen LogP contribution in [-0.4, -0.2) is 35.3 Å². The Morgan fingerprint density at radius 2 is 2.10 bits per heavy atom. The standard InChI is InChI=1S/C15H19FN2O2/c1-3-17-14(20)15(2)9-6-10-18(15)13(19)11-7-4-5-8-12(11)16/h4-5,7-8H,3,6,9-10H2,1-2H3,(H,17,20). The summed E-state index contributed by atoms with van der Waals surface area (Å²) in [5.74, 6) is -1.15. The van der Waals surface area contributed by atoms with Crippen molar-refractivity contribution in [2.75, 3.05) is 13.1 Å². The van der Waals surface area contributed by atoms with Crippen molar-refractivity contribution >= 4 is 11.8 Å². The van der Waals surface area contributed by atoms with E-state index in [2.05, 4.69) is 5.32 Å². The molecule has 1 atom stereocenters. The van der Waals surface area contributed by atoms with Gasteiger partial charge in [-0.2, -0.15) is 0 Å². The van der Waals surface area contributed by atoms with Crippen LogP contribution in [0.2, 0.25) is 0 Å². The summed E-state index contributed by atoms with van der Waals surface area (Å²) in [6.07, 6.45) is 1.34. The van der Waals surface area contributed by atoms with Gasteiger partial charge in [-0.3, -0.25) is 9.59 Å². The van der Waals surface area contributed by atoms with Gasteiger partial charge < -0.3 is 10.2 Å². The Morgan fingerprint density at radius 1 is 1.40 bits per heavy atom. The summed E-state index contributed by atoms with van der Waals surface area (Å²) in [6.45, 7) is 4.56. The highest BCUT2D eigenvalue weighted by molar-refractivity contribution is 5.99. The molecule has 1 aromatic rings. The van der Waals surface area contributed by atoms with Gasteiger partial charge >= 0.3 is 0 Å². The normalized spacial score (nSPS) is 21.9. The summed E-state index contributed by atoms with van der Waals surface area (Å²) in [4.78, 5) is 26.2. The van der Waals surface area contributed by atoms with Crippen molar-refractivity contribution in [1.29, 1.82) is 0 Å². The molecule has 1 heterocycles. The average molecular weight is 278 g/mol. The first-order valence-electron chi connectivity index (χ1n) is 6.85. The Kier molecular flexibility index (Phi) is 4.06. The van der Waals surface area contributed by atoms with Gasteiger partial charge in [-0.15, -0.1) is 0 Å². The number of hydrogen-bond acceptors (Lipinski definition) is 2. The molecule has 1 aliphatic heterocycles. The maximum absolute atomic E-state index is 13.7. The van der Waals surface area contributed by atoms with Gasteiger partial charge in [-0.05, 0) is 38.8 Å². The van der Waals surface area contributed by atoms with Crippen molar-refractivity contribution in [3.05, 3.63) is 35.6 Å². The van der Waals surface area contributed by atoms with Crippen LogP contribution in [0.25, 0.3) is 0 Å². The lowest BCUT2D eigenvalue weighted by molar-refractivity contribution is -0.129. The second kappa shape index (κ2) is 5.61. The molecule has 0 aromatic heterocycles. The smallest absolute Gasteiger partial charge is 0.257 e. The fraction of sp³-hybridized carbons (Fsp3) is 0.467. The Labute approximate surface area is 118 Å². The van der Waals surface area contributed by atoms with Crippen molar-refractivity contribution in [1.82, 2.24) is 10.2 Å². The van der Waals surface area contributed by atoms with Crippen LogP contribution in [0, 0.1) is 5.82 Å². The largest absolute Gasteiger partial charge is 0.354 e. The van der Waals surface area contributed by atoms with Crippen LogP contribution in [0.5, 0.6) is 0 Å². The molecule has 1 fully saturated rings. The zero-order chi connectivity index (χ0) is 14.8. The monoisotopic (exact) mass is 278 g/mol. The van der Waals surface area contributed by atoms with Gasteiger partial charge in [0, 0.05) is 13.1 Å². The summed E-state index contributed by atoms with van der Waals surface area (Å²) >= 11 is 0. The fourth-order valence-corrected chi connectivity index (χ4v) is 2.66. The van der Waals surface area contributed by atoms with E-state index in [4.69, 9.17) is 0 Å². The molecular formula is C15H19FN2O2. The molecule has 1 aromatic carbocycles. The maximum Gasteiger partial charge on any atom is 0.257 e. The van der Waals surface area contributed by atoms with Crippen LogP contribution in [-0.2, 0) is 4.79 Å². The summed E-state index contributed by atoms with van der Waals surface area (Å²) < 4.78 is 13.7. The quantitative estimate of drug-likeness (QED) is 0.919. The Hall–Kier alpha value is -1.91. The van der Waals surface area contributed by atoms with E-state index in [1.807, 2.05) is 6.92 Å². The molecule has 0 saturated carbocycles. The zero-order valence-corrected chi connectivity index (χ0v) is 11.8. The molecule has 108 valence electrons. The maximum atomic E-state index is 13.7. The molecule has 0 aliphatic carbocycles. The van der Waals surface area contributed by atoms with E-state index in [-0.39, 0.29) is 11.5 Å². The third-order valence-corrected chi connectivity index (χ3v) is 3.82. The predicted molar refractivity (Wildman–Crippen MR) is 73.8 cm³/mol. The molecule has 5 heteroatoms. The first kappa shape index (κ1) is 14.5. The highest BCUT2D eigenvalue weighted by atomic mass is 19.1.